The van der Waals surface area contributed by atoms with E-state index in [-0.39, 0.29) is 21.9 Å². The molecule has 0 saturated carbocycles. The number of nitrogens with one attached hydrogen (secondary N) is 2. The van der Waals surface area contributed by atoms with Crippen molar-refractivity contribution in [3.05, 3.63) is 59.6 Å². The van der Waals surface area contributed by atoms with Gasteiger partial charge in [0.1, 0.15) is 17.2 Å². The van der Waals surface area contributed by atoms with E-state index >= 15 is 0 Å². The van der Waals surface area contributed by atoms with Crippen molar-refractivity contribution in [3.8, 4) is 0 Å². The zero-order valence-corrected chi connectivity index (χ0v) is 13.7. The van der Waals surface area contributed by atoms with Crippen LogP contribution in [0.1, 0.15) is 16.1 Å². The highest BCUT2D eigenvalue weighted by Gasteiger charge is 2.20. The van der Waals surface area contributed by atoms with Gasteiger partial charge < -0.3 is 4.42 Å². The lowest BCUT2D eigenvalue weighted by Gasteiger charge is -2.08. The van der Waals surface area contributed by atoms with Crippen molar-refractivity contribution in [2.24, 2.45) is 0 Å². The van der Waals surface area contributed by atoms with Crippen molar-refractivity contribution >= 4 is 32.6 Å². The van der Waals surface area contributed by atoms with E-state index in [9.17, 15) is 17.6 Å². The Balaban J connectivity index is 2.02. The quantitative estimate of drug-likeness (QED) is 0.487. The Morgan fingerprint density at radius 1 is 1.16 bits per heavy atom. The Morgan fingerprint density at radius 3 is 2.48 bits per heavy atom. The van der Waals surface area contributed by atoms with Gasteiger partial charge in [0.15, 0.2) is 0 Å². The largest absolute Gasteiger partial charge is 0.461 e. The van der Waals surface area contributed by atoms with Gasteiger partial charge in [-0.2, -0.15) is 0 Å². The molecule has 1 aromatic heterocycles. The van der Waals surface area contributed by atoms with Crippen molar-refractivity contribution in [2.75, 3.05) is 4.72 Å². The minimum Gasteiger partial charge on any atom is -0.461 e. The normalized spacial score (nSPS) is 11.5. The maximum absolute atomic E-state index is 12.9. The molecule has 2 aromatic carbocycles. The third-order valence-electron chi connectivity index (χ3n) is 3.57. The van der Waals surface area contributed by atoms with E-state index in [4.69, 9.17) is 9.62 Å². The average Bonchev–Trinajstić information content (AvgIpc) is 2.89. The van der Waals surface area contributed by atoms with Gasteiger partial charge in [0.2, 0.25) is 0 Å². The van der Waals surface area contributed by atoms with Crippen LogP contribution in [0, 0.1) is 12.7 Å². The molecule has 0 unspecified atom stereocenters. The van der Waals surface area contributed by atoms with Gasteiger partial charge in [-0.25, -0.2) is 18.3 Å². The summed E-state index contributed by atoms with van der Waals surface area (Å²) in [5, 5.41) is 9.17. The van der Waals surface area contributed by atoms with E-state index in [0.717, 1.165) is 24.3 Å². The molecule has 7 nitrogen and oxygen atoms in total. The Kier molecular flexibility index (Phi) is 4.19. The second kappa shape index (κ2) is 6.19. The topological polar surface area (TPSA) is 109 Å². The number of hydroxylamine groups is 1. The smallest absolute Gasteiger partial charge is 0.278 e. The monoisotopic (exact) mass is 364 g/mol. The summed E-state index contributed by atoms with van der Waals surface area (Å²) in [6, 6.07) is 8.75. The summed E-state index contributed by atoms with van der Waals surface area (Å²) in [5.41, 5.74) is 2.17. The van der Waals surface area contributed by atoms with Gasteiger partial charge in [-0.15, -0.1) is 0 Å². The van der Waals surface area contributed by atoms with Crippen molar-refractivity contribution in [1.82, 2.24) is 5.48 Å². The fourth-order valence-electron chi connectivity index (χ4n) is 2.45. The van der Waals surface area contributed by atoms with E-state index in [0.29, 0.717) is 11.0 Å². The van der Waals surface area contributed by atoms with Crippen LogP contribution in [0.5, 0.6) is 0 Å². The number of hydrogen-bond acceptors (Lipinski definition) is 5. The van der Waals surface area contributed by atoms with Crippen LogP contribution in [-0.4, -0.2) is 19.5 Å². The molecule has 0 aliphatic heterocycles. The highest BCUT2D eigenvalue weighted by molar-refractivity contribution is 7.92. The number of hydrogen-bond donors (Lipinski definition) is 3. The molecule has 0 aliphatic carbocycles. The highest BCUT2D eigenvalue weighted by atomic mass is 32.2. The zero-order valence-electron chi connectivity index (χ0n) is 12.9. The van der Waals surface area contributed by atoms with Gasteiger partial charge in [-0.3, -0.25) is 14.7 Å². The van der Waals surface area contributed by atoms with E-state index in [2.05, 4.69) is 4.72 Å². The van der Waals surface area contributed by atoms with Gasteiger partial charge in [0.05, 0.1) is 10.5 Å². The van der Waals surface area contributed by atoms with Crippen molar-refractivity contribution in [2.45, 2.75) is 11.8 Å². The summed E-state index contributed by atoms with van der Waals surface area (Å²) in [7, 11) is -3.93. The van der Waals surface area contributed by atoms with Crippen molar-refractivity contribution in [1.29, 1.82) is 0 Å². The molecule has 3 N–H and O–H groups in total. The maximum Gasteiger partial charge on any atom is 0.278 e. The molecule has 1 amide bonds. The third-order valence-corrected chi connectivity index (χ3v) is 4.97. The van der Waals surface area contributed by atoms with E-state index < -0.39 is 21.7 Å². The van der Waals surface area contributed by atoms with Crippen LogP contribution < -0.4 is 10.2 Å². The minimum absolute atomic E-state index is 0.0975. The standard InChI is InChI=1S/C16H13FN2O5S/c1-9-15(16(20)18-21)13-8-11(4-7-14(13)24-9)19-25(22,23)12-5-2-10(17)3-6-12/h2-8,19,21H,1H3,(H,18,20). The minimum atomic E-state index is -3.93. The predicted molar refractivity (Wildman–Crippen MR) is 87.4 cm³/mol. The molecule has 3 aromatic rings. The number of aryl methyl sites for hydroxylation is 1. The van der Waals surface area contributed by atoms with Crippen molar-refractivity contribution < 1.29 is 27.2 Å². The first kappa shape index (κ1) is 16.9. The number of furan rings is 1. The lowest BCUT2D eigenvalue weighted by molar-refractivity contribution is 0.0706. The molecule has 0 spiro atoms. The molecular formula is C16H13FN2O5S. The molecule has 1 heterocycles. The average molecular weight is 364 g/mol. The first-order chi connectivity index (χ1) is 11.8. The van der Waals surface area contributed by atoms with E-state index in [1.54, 1.807) is 6.92 Å². The number of sulfonamides is 1. The van der Waals surface area contributed by atoms with Gasteiger partial charge in [0, 0.05) is 11.1 Å². The Morgan fingerprint density at radius 2 is 1.84 bits per heavy atom. The SMILES string of the molecule is Cc1oc2ccc(NS(=O)(=O)c3ccc(F)cc3)cc2c1C(=O)NO. The molecule has 0 aliphatic rings. The summed E-state index contributed by atoms with van der Waals surface area (Å²) in [6.45, 7) is 1.55. The van der Waals surface area contributed by atoms with Gasteiger partial charge in [-0.1, -0.05) is 0 Å². The van der Waals surface area contributed by atoms with E-state index in [1.165, 1.54) is 23.7 Å². The predicted octanol–water partition coefficient (Wildman–Crippen LogP) is 2.80. The fourth-order valence-corrected chi connectivity index (χ4v) is 3.50. The molecule has 25 heavy (non-hydrogen) atoms. The first-order valence-corrected chi connectivity index (χ1v) is 8.56. The molecule has 130 valence electrons. The lowest BCUT2D eigenvalue weighted by atomic mass is 10.1. The second-order valence-electron chi connectivity index (χ2n) is 5.24. The molecule has 0 radical (unpaired) electrons. The van der Waals surface area contributed by atoms with Crippen LogP contribution in [0.4, 0.5) is 10.1 Å². The number of anilines is 1. The number of halogens is 1. The summed E-state index contributed by atoms with van der Waals surface area (Å²) in [4.78, 5) is 11.7. The summed E-state index contributed by atoms with van der Waals surface area (Å²) in [5.74, 6) is -1.04. The number of rotatable bonds is 4. The van der Waals surface area contributed by atoms with Crippen LogP contribution in [0.25, 0.3) is 11.0 Å². The number of benzene rings is 2. The number of carbonyl (C=O) groups excluding carboxylic acids is 1. The Bertz CT molecular complexity index is 1060. The maximum atomic E-state index is 12.9. The molecule has 3 rings (SSSR count). The van der Waals surface area contributed by atoms with Crippen LogP contribution in [0.3, 0.4) is 0 Å². The Labute approximate surface area is 142 Å². The van der Waals surface area contributed by atoms with Crippen LogP contribution in [-0.2, 0) is 10.0 Å². The highest BCUT2D eigenvalue weighted by Crippen LogP contribution is 2.29. The summed E-state index contributed by atoms with van der Waals surface area (Å²) in [6.07, 6.45) is 0. The number of fused-ring (bicyclic) bond motifs is 1. The molecule has 0 atom stereocenters. The van der Waals surface area contributed by atoms with Crippen LogP contribution >= 0.6 is 0 Å². The summed E-state index contributed by atoms with van der Waals surface area (Å²) >= 11 is 0. The van der Waals surface area contributed by atoms with Gasteiger partial charge in [0.25, 0.3) is 15.9 Å². The van der Waals surface area contributed by atoms with Gasteiger partial charge >= 0.3 is 0 Å². The molecular weight excluding hydrogens is 351 g/mol. The second-order valence-corrected chi connectivity index (χ2v) is 6.93. The number of carbonyl (C=O) groups is 1. The van der Waals surface area contributed by atoms with Crippen molar-refractivity contribution in [3.63, 3.8) is 0 Å². The molecule has 0 bridgehead atoms. The van der Waals surface area contributed by atoms with Gasteiger partial charge in [-0.05, 0) is 49.4 Å². The third kappa shape index (κ3) is 3.19. The Hall–Kier alpha value is -2.91. The number of amides is 1. The lowest BCUT2D eigenvalue weighted by Crippen LogP contribution is -2.19. The molecule has 0 saturated heterocycles. The fraction of sp³-hybridized carbons (Fsp3) is 0.0625. The zero-order chi connectivity index (χ0) is 18.2. The molecule has 9 heteroatoms. The van der Waals surface area contributed by atoms with E-state index in [1.807, 2.05) is 0 Å². The first-order valence-electron chi connectivity index (χ1n) is 7.08. The van der Waals surface area contributed by atoms with Crippen LogP contribution in [0.15, 0.2) is 51.8 Å². The molecule has 0 fully saturated rings. The summed E-state index contributed by atoms with van der Waals surface area (Å²) < 4.78 is 45.4. The van der Waals surface area contributed by atoms with Crippen LogP contribution in [0.2, 0.25) is 0 Å².